The number of benzene rings is 1. The topological polar surface area (TPSA) is 72.5 Å². The highest BCUT2D eigenvalue weighted by Gasteiger charge is 2.21. The van der Waals surface area contributed by atoms with Crippen LogP contribution in [-0.2, 0) is 9.53 Å². The summed E-state index contributed by atoms with van der Waals surface area (Å²) in [5, 5.41) is 9.80. The van der Waals surface area contributed by atoms with Crippen LogP contribution >= 0.6 is 0 Å². The molecule has 0 aromatic heterocycles. The lowest BCUT2D eigenvalue weighted by atomic mass is 9.98. The number of carbonyl (C=O) groups is 1. The van der Waals surface area contributed by atoms with Crippen LogP contribution in [0.5, 0.6) is 0 Å². The number of methoxy groups -OCH3 is 1. The van der Waals surface area contributed by atoms with Gasteiger partial charge >= 0.3 is 5.97 Å². The summed E-state index contributed by atoms with van der Waals surface area (Å²) in [5.74, 6) is -1.87. The molecule has 2 atom stereocenters. The highest BCUT2D eigenvalue weighted by molar-refractivity contribution is 5.69. The van der Waals surface area contributed by atoms with Gasteiger partial charge in [0.25, 0.3) is 0 Å². The molecule has 0 aliphatic carbocycles. The normalized spacial score (nSPS) is 14.1. The van der Waals surface area contributed by atoms with Crippen molar-refractivity contribution in [3.05, 3.63) is 35.4 Å². The summed E-state index contributed by atoms with van der Waals surface area (Å²) in [7, 11) is 1.23. The minimum Gasteiger partial charge on any atom is -0.469 e. The summed E-state index contributed by atoms with van der Waals surface area (Å²) >= 11 is 0. The van der Waals surface area contributed by atoms with Crippen molar-refractivity contribution >= 4 is 5.97 Å². The lowest BCUT2D eigenvalue weighted by Gasteiger charge is -2.19. The second-order valence-electron chi connectivity index (χ2n) is 3.89. The quantitative estimate of drug-likeness (QED) is 0.781. The predicted octanol–water partition coefficient (Wildman–Crippen LogP) is 1.28. The first-order chi connectivity index (χ1) is 8.45. The standard InChI is InChI=1S/C12H15F2NO3/c1-18-11(16)5-4-10(15)12(17)8-6-7(13)2-3-9(8)14/h2-3,6,10,12,17H,4-5,15H2,1H3. The van der Waals surface area contributed by atoms with E-state index in [2.05, 4.69) is 4.74 Å². The van der Waals surface area contributed by atoms with Gasteiger partial charge in [0.2, 0.25) is 0 Å². The number of hydrogen-bond donors (Lipinski definition) is 2. The summed E-state index contributed by atoms with van der Waals surface area (Å²) < 4.78 is 30.7. The van der Waals surface area contributed by atoms with Crippen molar-refractivity contribution in [3.63, 3.8) is 0 Å². The van der Waals surface area contributed by atoms with E-state index in [9.17, 15) is 18.7 Å². The Labute approximate surface area is 103 Å². The summed E-state index contributed by atoms with van der Waals surface area (Å²) in [4.78, 5) is 10.9. The third-order valence-electron chi connectivity index (χ3n) is 2.59. The Balaban J connectivity index is 2.70. The lowest BCUT2D eigenvalue weighted by Crippen LogP contribution is -2.29. The molecule has 3 N–H and O–H groups in total. The number of aliphatic hydroxyl groups excluding tert-OH is 1. The maximum absolute atomic E-state index is 13.4. The monoisotopic (exact) mass is 259 g/mol. The third-order valence-corrected chi connectivity index (χ3v) is 2.59. The Hall–Kier alpha value is -1.53. The number of nitrogens with two attached hydrogens (primary N) is 1. The van der Waals surface area contributed by atoms with Crippen LogP contribution in [0.15, 0.2) is 18.2 Å². The minimum atomic E-state index is -1.37. The Morgan fingerprint density at radius 3 is 2.78 bits per heavy atom. The van der Waals surface area contributed by atoms with E-state index in [0.29, 0.717) is 0 Å². The van der Waals surface area contributed by atoms with Crippen molar-refractivity contribution in [2.24, 2.45) is 5.73 Å². The number of rotatable bonds is 5. The number of halogens is 2. The van der Waals surface area contributed by atoms with Gasteiger partial charge in [-0.15, -0.1) is 0 Å². The van der Waals surface area contributed by atoms with Crippen molar-refractivity contribution in [3.8, 4) is 0 Å². The molecular weight excluding hydrogens is 244 g/mol. The Morgan fingerprint density at radius 1 is 1.50 bits per heavy atom. The first-order valence-corrected chi connectivity index (χ1v) is 5.41. The summed E-state index contributed by atoms with van der Waals surface area (Å²) in [5.41, 5.74) is 5.41. The van der Waals surface area contributed by atoms with E-state index < -0.39 is 29.7 Å². The van der Waals surface area contributed by atoms with E-state index in [1.54, 1.807) is 0 Å². The zero-order valence-electron chi connectivity index (χ0n) is 9.90. The fourth-order valence-corrected chi connectivity index (χ4v) is 1.52. The van der Waals surface area contributed by atoms with Crippen LogP contribution in [0.4, 0.5) is 8.78 Å². The van der Waals surface area contributed by atoms with Gasteiger partial charge in [-0.1, -0.05) is 0 Å². The second-order valence-corrected chi connectivity index (χ2v) is 3.89. The number of carbonyl (C=O) groups excluding carboxylic acids is 1. The van der Waals surface area contributed by atoms with E-state index in [4.69, 9.17) is 5.73 Å². The van der Waals surface area contributed by atoms with Gasteiger partial charge in [-0.3, -0.25) is 4.79 Å². The van der Waals surface area contributed by atoms with Gasteiger partial charge in [0.05, 0.1) is 13.2 Å². The zero-order valence-corrected chi connectivity index (χ0v) is 9.90. The van der Waals surface area contributed by atoms with Crippen LogP contribution in [0.25, 0.3) is 0 Å². The summed E-state index contributed by atoms with van der Waals surface area (Å²) in [6.45, 7) is 0. The van der Waals surface area contributed by atoms with Crippen LogP contribution < -0.4 is 5.73 Å². The maximum atomic E-state index is 13.4. The van der Waals surface area contributed by atoms with E-state index in [-0.39, 0.29) is 18.4 Å². The van der Waals surface area contributed by atoms with Gasteiger partial charge in [0.15, 0.2) is 0 Å². The Morgan fingerprint density at radius 2 is 2.17 bits per heavy atom. The van der Waals surface area contributed by atoms with Gasteiger partial charge in [-0.2, -0.15) is 0 Å². The zero-order chi connectivity index (χ0) is 13.7. The molecule has 0 fully saturated rings. The van der Waals surface area contributed by atoms with E-state index in [1.165, 1.54) is 7.11 Å². The van der Waals surface area contributed by atoms with Crippen LogP contribution in [-0.4, -0.2) is 24.2 Å². The predicted molar refractivity (Wildman–Crippen MR) is 60.5 cm³/mol. The first kappa shape index (κ1) is 14.5. The van der Waals surface area contributed by atoms with Crippen molar-refractivity contribution in [1.82, 2.24) is 0 Å². The molecule has 0 aliphatic rings. The smallest absolute Gasteiger partial charge is 0.305 e. The van der Waals surface area contributed by atoms with Crippen molar-refractivity contribution in [1.29, 1.82) is 0 Å². The number of esters is 1. The molecule has 6 heteroatoms. The van der Waals surface area contributed by atoms with Crippen LogP contribution in [0, 0.1) is 11.6 Å². The number of hydrogen-bond acceptors (Lipinski definition) is 4. The van der Waals surface area contributed by atoms with E-state index >= 15 is 0 Å². The van der Waals surface area contributed by atoms with Crippen molar-refractivity contribution in [2.75, 3.05) is 7.11 Å². The molecular formula is C12H15F2NO3. The van der Waals surface area contributed by atoms with Crippen LogP contribution in [0.2, 0.25) is 0 Å². The molecule has 100 valence electrons. The molecule has 0 heterocycles. The van der Waals surface area contributed by atoms with E-state index in [1.807, 2.05) is 0 Å². The van der Waals surface area contributed by atoms with Gasteiger partial charge in [0.1, 0.15) is 11.6 Å². The third kappa shape index (κ3) is 3.75. The number of aliphatic hydroxyl groups is 1. The SMILES string of the molecule is COC(=O)CCC(N)C(O)c1cc(F)ccc1F. The lowest BCUT2D eigenvalue weighted by molar-refractivity contribution is -0.140. The van der Waals surface area contributed by atoms with Gasteiger partial charge < -0.3 is 15.6 Å². The van der Waals surface area contributed by atoms with E-state index in [0.717, 1.165) is 18.2 Å². The summed E-state index contributed by atoms with van der Waals surface area (Å²) in [6.07, 6.45) is -1.25. The highest BCUT2D eigenvalue weighted by atomic mass is 19.1. The average molecular weight is 259 g/mol. The molecule has 1 aromatic carbocycles. The molecule has 0 saturated carbocycles. The molecule has 18 heavy (non-hydrogen) atoms. The van der Waals surface area contributed by atoms with Crippen LogP contribution in [0.3, 0.4) is 0 Å². The molecule has 0 spiro atoms. The minimum absolute atomic E-state index is 0.00562. The maximum Gasteiger partial charge on any atom is 0.305 e. The fraction of sp³-hybridized carbons (Fsp3) is 0.417. The Bertz CT molecular complexity index is 426. The molecule has 0 radical (unpaired) electrons. The van der Waals surface area contributed by atoms with Gasteiger partial charge in [-0.05, 0) is 24.6 Å². The van der Waals surface area contributed by atoms with Gasteiger partial charge in [0, 0.05) is 18.0 Å². The Kier molecular flexibility index (Phi) is 5.18. The highest BCUT2D eigenvalue weighted by Crippen LogP contribution is 2.22. The first-order valence-electron chi connectivity index (χ1n) is 5.41. The van der Waals surface area contributed by atoms with Crippen LogP contribution in [0.1, 0.15) is 24.5 Å². The van der Waals surface area contributed by atoms with Crippen molar-refractivity contribution < 1.29 is 23.4 Å². The average Bonchev–Trinajstić information content (AvgIpc) is 2.37. The molecule has 0 bridgehead atoms. The second kappa shape index (κ2) is 6.42. The molecule has 0 aliphatic heterocycles. The van der Waals surface area contributed by atoms with Gasteiger partial charge in [-0.25, -0.2) is 8.78 Å². The van der Waals surface area contributed by atoms with Crippen molar-refractivity contribution in [2.45, 2.75) is 25.0 Å². The molecule has 2 unspecified atom stereocenters. The molecule has 1 rings (SSSR count). The molecule has 4 nitrogen and oxygen atoms in total. The number of ether oxygens (including phenoxy) is 1. The molecule has 0 saturated heterocycles. The largest absolute Gasteiger partial charge is 0.469 e. The fourth-order valence-electron chi connectivity index (χ4n) is 1.52. The summed E-state index contributed by atoms with van der Waals surface area (Å²) in [6, 6.07) is 1.88. The molecule has 1 aromatic rings. The molecule has 0 amide bonds.